The minimum atomic E-state index is -1.24. The van der Waals surface area contributed by atoms with Gasteiger partial charge in [-0.05, 0) is 73.7 Å². The summed E-state index contributed by atoms with van der Waals surface area (Å²) < 4.78 is 2.21. The highest BCUT2D eigenvalue weighted by atomic mass is 16.4. The van der Waals surface area contributed by atoms with Crippen LogP contribution in [0.15, 0.2) is 71.2 Å². The molecule has 0 spiro atoms. The summed E-state index contributed by atoms with van der Waals surface area (Å²) in [6.07, 6.45) is 4.46. The summed E-state index contributed by atoms with van der Waals surface area (Å²) in [5, 5.41) is 30.7. The van der Waals surface area contributed by atoms with Crippen LogP contribution in [-0.2, 0) is 11.3 Å². The highest BCUT2D eigenvalue weighted by Crippen LogP contribution is 2.35. The molecule has 0 amide bonds. The summed E-state index contributed by atoms with van der Waals surface area (Å²) in [6, 6.07) is 13.5. The number of aromatic nitrogens is 3. The van der Waals surface area contributed by atoms with Gasteiger partial charge in [-0.25, -0.2) is 9.78 Å². The maximum atomic E-state index is 14.2. The number of nitrogens with zero attached hydrogens (tertiary/aromatic N) is 5. The van der Waals surface area contributed by atoms with Crippen LogP contribution in [-0.4, -0.2) is 49.6 Å². The number of ketones is 1. The Morgan fingerprint density at radius 3 is 2.56 bits per heavy atom. The number of carbonyl (C=O) groups is 2. The fourth-order valence-electron chi connectivity index (χ4n) is 5.76. The van der Waals surface area contributed by atoms with Gasteiger partial charge in [-0.1, -0.05) is 26.0 Å². The van der Waals surface area contributed by atoms with Gasteiger partial charge in [-0.2, -0.15) is 10.2 Å². The summed E-state index contributed by atoms with van der Waals surface area (Å²) in [4.78, 5) is 34.3. The molecule has 3 heterocycles. The number of hydrogen-bond donors (Lipinski definition) is 3. The van der Waals surface area contributed by atoms with Crippen molar-refractivity contribution >= 4 is 34.2 Å². The van der Waals surface area contributed by atoms with Crippen LogP contribution in [0.1, 0.15) is 47.9 Å². The van der Waals surface area contributed by atoms with Gasteiger partial charge in [0.1, 0.15) is 28.4 Å². The third-order valence-electron chi connectivity index (χ3n) is 7.87. The van der Waals surface area contributed by atoms with Crippen molar-refractivity contribution in [2.75, 3.05) is 13.1 Å². The highest BCUT2D eigenvalue weighted by molar-refractivity contribution is 5.91. The Bertz CT molecular complexity index is 1590. The van der Waals surface area contributed by atoms with Crippen LogP contribution in [0, 0.1) is 24.7 Å². The fraction of sp³-hybridized carbons (Fsp3) is 0.355. The predicted molar refractivity (Wildman–Crippen MR) is 155 cm³/mol. The molecule has 212 valence electrons. The van der Waals surface area contributed by atoms with Crippen molar-refractivity contribution in [1.82, 2.24) is 19.9 Å². The zero-order valence-corrected chi connectivity index (χ0v) is 23.4. The number of fused-ring (bicyclic) bond motifs is 1. The second kappa shape index (κ2) is 12.0. The van der Waals surface area contributed by atoms with Crippen molar-refractivity contribution in [3.05, 3.63) is 77.9 Å². The van der Waals surface area contributed by atoms with Crippen molar-refractivity contribution in [3.63, 3.8) is 0 Å². The Balaban J connectivity index is 1.35. The highest BCUT2D eigenvalue weighted by Gasteiger charge is 2.37. The topological polar surface area (TPSA) is 142 Å². The number of phenols is 1. The summed E-state index contributed by atoms with van der Waals surface area (Å²) >= 11 is 0. The van der Waals surface area contributed by atoms with E-state index in [0.717, 1.165) is 41.9 Å². The van der Waals surface area contributed by atoms with Crippen LogP contribution in [0.2, 0.25) is 0 Å². The van der Waals surface area contributed by atoms with E-state index < -0.39 is 5.97 Å². The number of hydrogen-bond acceptors (Lipinski definition) is 8. The summed E-state index contributed by atoms with van der Waals surface area (Å²) in [6.45, 7) is 8.41. The minimum Gasteiger partial charge on any atom is -0.507 e. The molecule has 0 aliphatic carbocycles. The number of imidazole rings is 1. The number of pyridine rings is 1. The van der Waals surface area contributed by atoms with Gasteiger partial charge in [0.05, 0.1) is 23.1 Å². The number of aryl methyl sites for hydroxylation is 1. The molecule has 10 heteroatoms. The van der Waals surface area contributed by atoms with Crippen LogP contribution in [0.25, 0.3) is 11.0 Å². The van der Waals surface area contributed by atoms with E-state index in [1.165, 1.54) is 18.2 Å². The lowest BCUT2D eigenvalue weighted by Gasteiger charge is -2.35. The van der Waals surface area contributed by atoms with Crippen LogP contribution < -0.4 is 5.32 Å². The third-order valence-corrected chi connectivity index (χ3v) is 7.87. The maximum absolute atomic E-state index is 14.2. The van der Waals surface area contributed by atoms with Gasteiger partial charge >= 0.3 is 5.97 Å². The van der Waals surface area contributed by atoms with Crippen molar-refractivity contribution in [2.24, 2.45) is 28.0 Å². The molecule has 1 aliphatic heterocycles. The van der Waals surface area contributed by atoms with E-state index in [2.05, 4.69) is 43.9 Å². The average molecular weight is 555 g/mol. The number of benzene rings is 2. The first-order valence-corrected chi connectivity index (χ1v) is 13.8. The molecule has 3 atom stereocenters. The molecule has 4 aromatic rings. The van der Waals surface area contributed by atoms with E-state index in [4.69, 9.17) is 0 Å². The number of carboxylic acids is 1. The fourth-order valence-corrected chi connectivity index (χ4v) is 5.76. The van der Waals surface area contributed by atoms with Gasteiger partial charge in [-0.15, -0.1) is 0 Å². The van der Waals surface area contributed by atoms with Gasteiger partial charge in [0.2, 0.25) is 0 Å². The average Bonchev–Trinajstić information content (AvgIpc) is 3.28. The number of carbonyl (C=O) groups excluding carboxylic acids is 1. The van der Waals surface area contributed by atoms with Gasteiger partial charge in [0, 0.05) is 31.1 Å². The van der Waals surface area contributed by atoms with Gasteiger partial charge < -0.3 is 20.1 Å². The Labute approximate surface area is 238 Å². The van der Waals surface area contributed by atoms with Crippen molar-refractivity contribution in [1.29, 1.82) is 0 Å². The molecule has 1 fully saturated rings. The van der Waals surface area contributed by atoms with Crippen LogP contribution in [0.3, 0.4) is 0 Å². The lowest BCUT2D eigenvalue weighted by atomic mass is 9.74. The third kappa shape index (κ3) is 6.02. The molecule has 0 saturated carbocycles. The van der Waals surface area contributed by atoms with Crippen LogP contribution in [0.5, 0.6) is 5.75 Å². The Kier molecular flexibility index (Phi) is 8.21. The first kappa shape index (κ1) is 28.1. The lowest BCUT2D eigenvalue weighted by Crippen LogP contribution is -2.44. The molecule has 2 aromatic heterocycles. The van der Waals surface area contributed by atoms with Crippen LogP contribution >= 0.6 is 0 Å². The molecule has 5 rings (SSSR count). The Hall–Kier alpha value is -4.44. The van der Waals surface area contributed by atoms with E-state index in [0.29, 0.717) is 17.9 Å². The predicted octanol–water partition coefficient (Wildman–Crippen LogP) is 5.79. The van der Waals surface area contributed by atoms with Crippen molar-refractivity contribution < 1.29 is 19.8 Å². The second-order valence-electron chi connectivity index (χ2n) is 10.9. The summed E-state index contributed by atoms with van der Waals surface area (Å²) in [7, 11) is 0. The molecular weight excluding hydrogens is 520 g/mol. The number of azo groups is 1. The molecule has 1 aliphatic rings. The van der Waals surface area contributed by atoms with Gasteiger partial charge in [-0.3, -0.25) is 9.78 Å². The van der Waals surface area contributed by atoms with Crippen LogP contribution in [0.4, 0.5) is 11.4 Å². The van der Waals surface area contributed by atoms with Gasteiger partial charge in [0.15, 0.2) is 0 Å². The SMILES string of the molecule is Cc1nc2cnccc2n1CC1CCNCC1C(=O)C(c1ccc(N=Nc2ccc(O)c(C(=O)O)c2)cc1)C(C)C. The number of rotatable bonds is 9. The zero-order valence-electron chi connectivity index (χ0n) is 23.4. The normalized spacial score (nSPS) is 18.2. The van der Waals surface area contributed by atoms with E-state index in [9.17, 15) is 19.8 Å². The number of carboxylic acid groups (broad SMARTS) is 1. The monoisotopic (exact) mass is 554 g/mol. The Morgan fingerprint density at radius 2 is 1.83 bits per heavy atom. The minimum absolute atomic E-state index is 0.103. The van der Waals surface area contributed by atoms with E-state index in [-0.39, 0.29) is 40.8 Å². The number of nitrogens with one attached hydrogen (secondary N) is 1. The summed E-state index contributed by atoms with van der Waals surface area (Å²) in [5.41, 5.74) is 3.49. The molecule has 1 saturated heterocycles. The molecule has 41 heavy (non-hydrogen) atoms. The molecule has 2 aromatic carbocycles. The largest absolute Gasteiger partial charge is 0.507 e. The van der Waals surface area contributed by atoms with E-state index in [1.54, 1.807) is 12.4 Å². The van der Waals surface area contributed by atoms with E-state index >= 15 is 0 Å². The number of piperidine rings is 1. The quantitative estimate of drug-likeness (QED) is 0.222. The first-order valence-electron chi connectivity index (χ1n) is 13.8. The van der Waals surface area contributed by atoms with Crippen molar-refractivity contribution in [3.8, 4) is 5.75 Å². The summed E-state index contributed by atoms with van der Waals surface area (Å²) in [5.74, 6) is -0.522. The smallest absolute Gasteiger partial charge is 0.339 e. The number of aromatic carboxylic acids is 1. The number of Topliss-reactive ketones (excluding diaryl/α,β-unsaturated/α-hetero) is 1. The second-order valence-corrected chi connectivity index (χ2v) is 10.9. The molecule has 0 radical (unpaired) electrons. The lowest BCUT2D eigenvalue weighted by molar-refractivity contribution is -0.127. The van der Waals surface area contributed by atoms with Gasteiger partial charge in [0.25, 0.3) is 0 Å². The van der Waals surface area contributed by atoms with Crippen molar-refractivity contribution in [2.45, 2.75) is 39.7 Å². The molecule has 3 unspecified atom stereocenters. The molecule has 10 nitrogen and oxygen atoms in total. The molecule has 0 bridgehead atoms. The standard InChI is InChI=1S/C31H34N6O4/c1-18(2)29(20-4-6-22(7-5-20)35-36-23-8-9-28(38)24(14-23)31(40)41)30(39)25-15-32-12-10-21(25)17-37-19(3)34-26-16-33-13-11-27(26)37/h4-9,11,13-14,16,18,21,25,29,32,38H,10,12,15,17H2,1-3H3,(H,40,41). The number of aromatic hydroxyl groups is 1. The zero-order chi connectivity index (χ0) is 29.1. The maximum Gasteiger partial charge on any atom is 0.339 e. The first-order chi connectivity index (χ1) is 19.7. The molecule has 3 N–H and O–H groups in total. The van der Waals surface area contributed by atoms with E-state index in [1.807, 2.05) is 37.3 Å². The Morgan fingerprint density at radius 1 is 1.10 bits per heavy atom. The molecular formula is C31H34N6O4.